The first-order valence-electron chi connectivity index (χ1n) is 9.10. The van der Waals surface area contributed by atoms with Gasteiger partial charge in [-0.25, -0.2) is 0 Å². The fourth-order valence-corrected chi connectivity index (χ4v) is 3.61. The van der Waals surface area contributed by atoms with E-state index in [2.05, 4.69) is 15.9 Å². The molecule has 6 heteroatoms. The lowest BCUT2D eigenvalue weighted by Gasteiger charge is -2.22. The van der Waals surface area contributed by atoms with E-state index in [1.54, 1.807) is 6.08 Å². The van der Waals surface area contributed by atoms with Crippen LogP contribution in [-0.2, 0) is 9.59 Å². The molecule has 26 heavy (non-hydrogen) atoms. The van der Waals surface area contributed by atoms with Gasteiger partial charge in [0.15, 0.2) is 0 Å². The molecular formula is C20H26BrNO4. The number of hydrogen-bond acceptors (Lipinski definition) is 3. The topological polar surface area (TPSA) is 77.8 Å². The number of aliphatic carboxylic acids is 1. The van der Waals surface area contributed by atoms with Crippen LogP contribution >= 0.6 is 15.9 Å². The molecule has 0 saturated carbocycles. The van der Waals surface area contributed by atoms with Crippen LogP contribution in [0.4, 0.5) is 0 Å². The van der Waals surface area contributed by atoms with Gasteiger partial charge in [-0.15, -0.1) is 0 Å². The molecule has 1 aromatic rings. The Morgan fingerprint density at radius 1 is 1.31 bits per heavy atom. The summed E-state index contributed by atoms with van der Waals surface area (Å²) in [6.07, 6.45) is 7.88. The Morgan fingerprint density at radius 2 is 2.08 bits per heavy atom. The Kier molecular flexibility index (Phi) is 8.32. The van der Waals surface area contributed by atoms with Crippen LogP contribution in [-0.4, -0.2) is 39.6 Å². The van der Waals surface area contributed by atoms with Crippen LogP contribution in [0.25, 0.3) is 0 Å². The summed E-state index contributed by atoms with van der Waals surface area (Å²) in [4.78, 5) is 24.5. The number of carboxylic acids is 1. The number of carbonyl (C=O) groups is 2. The highest BCUT2D eigenvalue weighted by molar-refractivity contribution is 9.10. The van der Waals surface area contributed by atoms with Gasteiger partial charge in [0, 0.05) is 23.9 Å². The van der Waals surface area contributed by atoms with E-state index in [9.17, 15) is 14.7 Å². The minimum Gasteiger partial charge on any atom is -0.481 e. The molecule has 1 fully saturated rings. The standard InChI is InChI=1S/C20H26BrNO4/c21-16-7-5-6-15(14-16)18(23)11-9-17-10-12-19(24)22(17)13-4-2-1-3-8-20(25)26/h5-7,9,11,14,17-18,23H,1-4,8,10,12-13H2,(H,25,26)/t17-,18?/m0/s1. The van der Waals surface area contributed by atoms with E-state index in [1.165, 1.54) is 0 Å². The average Bonchev–Trinajstić information content (AvgIpc) is 2.95. The Labute approximate surface area is 162 Å². The molecule has 0 aromatic heterocycles. The van der Waals surface area contributed by atoms with E-state index >= 15 is 0 Å². The molecule has 1 unspecified atom stereocenters. The number of amides is 1. The van der Waals surface area contributed by atoms with E-state index in [0.717, 1.165) is 35.7 Å². The van der Waals surface area contributed by atoms with Gasteiger partial charge in [0.2, 0.25) is 5.91 Å². The predicted molar refractivity (Wildman–Crippen MR) is 104 cm³/mol. The lowest BCUT2D eigenvalue weighted by Crippen LogP contribution is -2.32. The fourth-order valence-electron chi connectivity index (χ4n) is 3.19. The molecule has 2 rings (SSSR count). The van der Waals surface area contributed by atoms with Crippen molar-refractivity contribution in [3.63, 3.8) is 0 Å². The number of carboxylic acid groups (broad SMARTS) is 1. The number of rotatable bonds is 10. The van der Waals surface area contributed by atoms with Crippen molar-refractivity contribution in [1.29, 1.82) is 0 Å². The maximum Gasteiger partial charge on any atom is 0.303 e. The first-order chi connectivity index (χ1) is 12.5. The number of likely N-dealkylation sites (tertiary alicyclic amines) is 1. The Hall–Kier alpha value is -1.66. The van der Waals surface area contributed by atoms with Crippen LogP contribution in [0.5, 0.6) is 0 Å². The summed E-state index contributed by atoms with van der Waals surface area (Å²) in [6, 6.07) is 7.57. The second kappa shape index (κ2) is 10.5. The highest BCUT2D eigenvalue weighted by Gasteiger charge is 2.28. The van der Waals surface area contributed by atoms with Crippen molar-refractivity contribution in [2.24, 2.45) is 0 Å². The van der Waals surface area contributed by atoms with E-state index < -0.39 is 12.1 Å². The first-order valence-corrected chi connectivity index (χ1v) is 9.90. The molecule has 5 nitrogen and oxygen atoms in total. The third-order valence-electron chi connectivity index (χ3n) is 4.62. The highest BCUT2D eigenvalue weighted by atomic mass is 79.9. The quantitative estimate of drug-likeness (QED) is 0.439. The van der Waals surface area contributed by atoms with Gasteiger partial charge in [0.25, 0.3) is 0 Å². The van der Waals surface area contributed by atoms with Crippen LogP contribution in [0.1, 0.15) is 56.6 Å². The summed E-state index contributed by atoms with van der Waals surface area (Å²) in [7, 11) is 0. The molecule has 1 saturated heterocycles. The van der Waals surface area contributed by atoms with Gasteiger partial charge in [-0.3, -0.25) is 9.59 Å². The Bertz CT molecular complexity index is 646. The zero-order valence-electron chi connectivity index (χ0n) is 14.8. The van der Waals surface area contributed by atoms with Crippen molar-refractivity contribution in [3.05, 3.63) is 46.5 Å². The smallest absolute Gasteiger partial charge is 0.303 e. The maximum absolute atomic E-state index is 12.1. The normalized spacial score (nSPS) is 18.6. The van der Waals surface area contributed by atoms with Gasteiger partial charge in [0.05, 0.1) is 12.1 Å². The lowest BCUT2D eigenvalue weighted by atomic mass is 10.1. The highest BCUT2D eigenvalue weighted by Crippen LogP contribution is 2.24. The van der Waals surface area contributed by atoms with Crippen molar-refractivity contribution < 1.29 is 19.8 Å². The molecule has 1 aliphatic rings. The minimum absolute atomic E-state index is 0.0309. The van der Waals surface area contributed by atoms with Gasteiger partial charge < -0.3 is 15.1 Å². The second-order valence-electron chi connectivity index (χ2n) is 6.64. The molecule has 1 aliphatic heterocycles. The largest absolute Gasteiger partial charge is 0.481 e. The van der Waals surface area contributed by atoms with Gasteiger partial charge in [0.1, 0.15) is 0 Å². The summed E-state index contributed by atoms with van der Waals surface area (Å²) in [5, 5.41) is 18.9. The molecule has 2 N–H and O–H groups in total. The van der Waals surface area contributed by atoms with Gasteiger partial charge in [-0.1, -0.05) is 53.1 Å². The average molecular weight is 424 g/mol. The number of nitrogens with zero attached hydrogens (tertiary/aromatic N) is 1. The summed E-state index contributed by atoms with van der Waals surface area (Å²) >= 11 is 3.40. The van der Waals surface area contributed by atoms with E-state index in [1.807, 2.05) is 35.2 Å². The molecular weight excluding hydrogens is 398 g/mol. The molecule has 1 heterocycles. The van der Waals surface area contributed by atoms with Crippen LogP contribution in [0.15, 0.2) is 40.9 Å². The summed E-state index contributed by atoms with van der Waals surface area (Å²) < 4.78 is 0.919. The SMILES string of the molecule is O=C(O)CCCCCCN1C(=O)CC[C@@H]1C=CC(O)c1cccc(Br)c1. The molecule has 0 bridgehead atoms. The van der Waals surface area contributed by atoms with Crippen molar-refractivity contribution in [1.82, 2.24) is 4.90 Å². The van der Waals surface area contributed by atoms with Crippen molar-refractivity contribution in [2.45, 2.75) is 57.1 Å². The van der Waals surface area contributed by atoms with Gasteiger partial charge >= 0.3 is 5.97 Å². The Morgan fingerprint density at radius 3 is 2.81 bits per heavy atom. The van der Waals surface area contributed by atoms with Crippen molar-refractivity contribution in [2.75, 3.05) is 6.54 Å². The maximum atomic E-state index is 12.1. The number of benzene rings is 1. The number of aliphatic hydroxyl groups is 1. The first kappa shape index (κ1) is 20.6. The molecule has 142 valence electrons. The van der Waals surface area contributed by atoms with Crippen LogP contribution < -0.4 is 0 Å². The van der Waals surface area contributed by atoms with Gasteiger partial charge in [-0.05, 0) is 37.0 Å². The number of hydrogen-bond donors (Lipinski definition) is 2. The van der Waals surface area contributed by atoms with Gasteiger partial charge in [-0.2, -0.15) is 0 Å². The minimum atomic E-state index is -0.756. The van der Waals surface area contributed by atoms with Crippen LogP contribution in [0, 0.1) is 0 Å². The molecule has 0 aliphatic carbocycles. The zero-order chi connectivity index (χ0) is 18.9. The Balaban J connectivity index is 1.81. The van der Waals surface area contributed by atoms with E-state index in [0.29, 0.717) is 19.4 Å². The predicted octanol–water partition coefficient (Wildman–Crippen LogP) is 4.06. The molecule has 0 radical (unpaired) electrons. The fraction of sp³-hybridized carbons (Fsp3) is 0.500. The second-order valence-corrected chi connectivity index (χ2v) is 7.55. The molecule has 1 aromatic carbocycles. The summed E-state index contributed by atoms with van der Waals surface area (Å²) in [5.74, 6) is -0.601. The summed E-state index contributed by atoms with van der Waals surface area (Å²) in [6.45, 7) is 0.688. The number of halogens is 1. The zero-order valence-corrected chi connectivity index (χ0v) is 16.4. The number of unbranched alkanes of at least 4 members (excludes halogenated alkanes) is 3. The number of aliphatic hydroxyl groups excluding tert-OH is 1. The number of carbonyl (C=O) groups excluding carboxylic acids is 1. The third kappa shape index (κ3) is 6.57. The third-order valence-corrected chi connectivity index (χ3v) is 5.11. The lowest BCUT2D eigenvalue weighted by molar-refractivity contribution is -0.137. The van der Waals surface area contributed by atoms with Crippen LogP contribution in [0.2, 0.25) is 0 Å². The molecule has 0 spiro atoms. The monoisotopic (exact) mass is 423 g/mol. The van der Waals surface area contributed by atoms with E-state index in [-0.39, 0.29) is 18.4 Å². The molecule has 2 atom stereocenters. The van der Waals surface area contributed by atoms with E-state index in [4.69, 9.17) is 5.11 Å². The van der Waals surface area contributed by atoms with Crippen molar-refractivity contribution in [3.8, 4) is 0 Å². The molecule has 1 amide bonds. The van der Waals surface area contributed by atoms with Crippen molar-refractivity contribution >= 4 is 27.8 Å². The van der Waals surface area contributed by atoms with Crippen LogP contribution in [0.3, 0.4) is 0 Å². The summed E-state index contributed by atoms with van der Waals surface area (Å²) in [5.41, 5.74) is 0.810.